The lowest BCUT2D eigenvalue weighted by molar-refractivity contribution is -0.115. The number of carbonyl (C=O) groups excluding carboxylic acids is 1. The SMILES string of the molecule is CCOc1cc(/C=C2\SC(=Nc3ccccc3CC)NC2=O)ccc1OCc1ccccc1Cl. The van der Waals surface area contributed by atoms with Gasteiger partial charge in [-0.1, -0.05) is 61.0 Å². The number of rotatable bonds is 8. The molecule has 34 heavy (non-hydrogen) atoms. The molecule has 3 aromatic rings. The van der Waals surface area contributed by atoms with E-state index in [0.717, 1.165) is 28.8 Å². The molecule has 174 valence electrons. The first-order valence-electron chi connectivity index (χ1n) is 11.1. The van der Waals surface area contributed by atoms with Gasteiger partial charge in [-0.2, -0.15) is 0 Å². The zero-order valence-corrected chi connectivity index (χ0v) is 20.6. The second kappa shape index (κ2) is 11.3. The predicted octanol–water partition coefficient (Wildman–Crippen LogP) is 6.77. The van der Waals surface area contributed by atoms with Crippen molar-refractivity contribution in [2.24, 2.45) is 4.99 Å². The molecular formula is C27H25ClN2O3S. The van der Waals surface area contributed by atoms with Gasteiger partial charge in [-0.05, 0) is 66.6 Å². The minimum absolute atomic E-state index is 0.172. The fourth-order valence-electron chi connectivity index (χ4n) is 3.43. The molecule has 1 heterocycles. The molecular weight excluding hydrogens is 468 g/mol. The van der Waals surface area contributed by atoms with Crippen molar-refractivity contribution in [1.82, 2.24) is 5.32 Å². The first-order chi connectivity index (χ1) is 16.6. The lowest BCUT2D eigenvalue weighted by Gasteiger charge is -2.13. The lowest BCUT2D eigenvalue weighted by Crippen LogP contribution is -2.19. The first kappa shape index (κ1) is 23.9. The quantitative estimate of drug-likeness (QED) is 0.352. The maximum atomic E-state index is 12.6. The van der Waals surface area contributed by atoms with Crippen molar-refractivity contribution in [2.75, 3.05) is 6.61 Å². The van der Waals surface area contributed by atoms with Crippen LogP contribution in [-0.2, 0) is 17.8 Å². The van der Waals surface area contributed by atoms with Gasteiger partial charge in [0.2, 0.25) is 0 Å². The number of aryl methyl sites for hydroxylation is 1. The summed E-state index contributed by atoms with van der Waals surface area (Å²) >= 11 is 7.56. The largest absolute Gasteiger partial charge is 0.490 e. The van der Waals surface area contributed by atoms with E-state index in [1.54, 1.807) is 0 Å². The second-order valence-electron chi connectivity index (χ2n) is 7.48. The third-order valence-electron chi connectivity index (χ3n) is 5.15. The summed E-state index contributed by atoms with van der Waals surface area (Å²) in [4.78, 5) is 17.8. The summed E-state index contributed by atoms with van der Waals surface area (Å²) in [7, 11) is 0. The van der Waals surface area contributed by atoms with Gasteiger partial charge in [-0.3, -0.25) is 4.79 Å². The van der Waals surface area contributed by atoms with Gasteiger partial charge in [0.1, 0.15) is 6.61 Å². The van der Waals surface area contributed by atoms with E-state index in [0.29, 0.717) is 39.8 Å². The van der Waals surface area contributed by atoms with Gasteiger partial charge in [0.25, 0.3) is 5.91 Å². The molecule has 0 saturated carbocycles. The van der Waals surface area contributed by atoms with E-state index in [4.69, 9.17) is 21.1 Å². The Morgan fingerprint density at radius 1 is 0.971 bits per heavy atom. The number of hydrogen-bond donors (Lipinski definition) is 1. The molecule has 3 aromatic carbocycles. The summed E-state index contributed by atoms with van der Waals surface area (Å²) in [6.45, 7) is 4.82. The van der Waals surface area contributed by atoms with Gasteiger partial charge in [0, 0.05) is 10.6 Å². The van der Waals surface area contributed by atoms with Gasteiger partial charge < -0.3 is 14.8 Å². The molecule has 1 amide bonds. The minimum atomic E-state index is -0.172. The Bertz CT molecular complexity index is 1260. The summed E-state index contributed by atoms with van der Waals surface area (Å²) in [6, 6.07) is 21.1. The van der Waals surface area contributed by atoms with E-state index in [2.05, 4.69) is 17.2 Å². The molecule has 7 heteroatoms. The molecule has 4 rings (SSSR count). The zero-order valence-electron chi connectivity index (χ0n) is 19.0. The van der Waals surface area contributed by atoms with Crippen molar-refractivity contribution < 1.29 is 14.3 Å². The summed E-state index contributed by atoms with van der Waals surface area (Å²) < 4.78 is 11.8. The van der Waals surface area contributed by atoms with E-state index in [9.17, 15) is 4.79 Å². The second-order valence-corrected chi connectivity index (χ2v) is 8.92. The Hall–Kier alpha value is -3.22. The molecule has 1 aliphatic rings. The van der Waals surface area contributed by atoms with Crippen LogP contribution in [0.5, 0.6) is 11.5 Å². The number of aliphatic imine (C=N–C) groups is 1. The maximum absolute atomic E-state index is 12.6. The Labute approximate surface area is 208 Å². The van der Waals surface area contributed by atoms with Crippen LogP contribution < -0.4 is 14.8 Å². The highest BCUT2D eigenvalue weighted by molar-refractivity contribution is 8.18. The molecule has 0 radical (unpaired) electrons. The van der Waals surface area contributed by atoms with Gasteiger partial charge in [0.15, 0.2) is 16.7 Å². The van der Waals surface area contributed by atoms with Crippen LogP contribution in [0.4, 0.5) is 5.69 Å². The van der Waals surface area contributed by atoms with Gasteiger partial charge in [0.05, 0.1) is 17.2 Å². The average molecular weight is 493 g/mol. The van der Waals surface area contributed by atoms with Crippen molar-refractivity contribution >= 4 is 46.2 Å². The molecule has 5 nitrogen and oxygen atoms in total. The smallest absolute Gasteiger partial charge is 0.264 e. The molecule has 0 atom stereocenters. The molecule has 1 N–H and O–H groups in total. The number of ether oxygens (including phenoxy) is 2. The van der Waals surface area contributed by atoms with Crippen molar-refractivity contribution in [3.05, 3.63) is 93.3 Å². The standard InChI is InChI=1S/C27H25ClN2O3S/c1-3-19-9-6-8-12-22(19)29-27-30-26(31)25(34-27)16-18-13-14-23(24(15-18)32-4-2)33-17-20-10-5-7-11-21(20)28/h5-16H,3-4,17H2,1-2H3,(H,29,30,31)/b25-16-. The predicted molar refractivity (Wildman–Crippen MR) is 140 cm³/mol. The zero-order chi connectivity index (χ0) is 23.9. The number of para-hydroxylation sites is 1. The van der Waals surface area contributed by atoms with Crippen LogP contribution >= 0.6 is 23.4 Å². The highest BCUT2D eigenvalue weighted by atomic mass is 35.5. The lowest BCUT2D eigenvalue weighted by atomic mass is 10.1. The fraction of sp³-hybridized carbons (Fsp3) is 0.185. The van der Waals surface area contributed by atoms with Crippen molar-refractivity contribution in [3.8, 4) is 11.5 Å². The molecule has 0 unspecified atom stereocenters. The number of amidine groups is 1. The van der Waals surface area contributed by atoms with E-state index in [-0.39, 0.29) is 5.91 Å². The number of benzene rings is 3. The minimum Gasteiger partial charge on any atom is -0.490 e. The normalized spacial score (nSPS) is 15.6. The summed E-state index contributed by atoms with van der Waals surface area (Å²) in [5, 5.41) is 4.08. The molecule has 0 bridgehead atoms. The van der Waals surface area contributed by atoms with Crippen molar-refractivity contribution in [2.45, 2.75) is 26.9 Å². The summed E-state index contributed by atoms with van der Waals surface area (Å²) in [5.74, 6) is 1.05. The molecule has 1 aliphatic heterocycles. The molecule has 1 fully saturated rings. The number of nitrogens with one attached hydrogen (secondary N) is 1. The summed E-state index contributed by atoms with van der Waals surface area (Å²) in [5.41, 5.74) is 3.73. The van der Waals surface area contributed by atoms with E-state index in [1.165, 1.54) is 11.8 Å². The van der Waals surface area contributed by atoms with E-state index >= 15 is 0 Å². The van der Waals surface area contributed by atoms with Crippen molar-refractivity contribution in [3.63, 3.8) is 0 Å². The summed E-state index contributed by atoms with van der Waals surface area (Å²) in [6.07, 6.45) is 2.70. The number of nitrogens with zero attached hydrogens (tertiary/aromatic N) is 1. The Kier molecular flexibility index (Phi) is 7.93. The van der Waals surface area contributed by atoms with Crippen LogP contribution in [0.1, 0.15) is 30.5 Å². The first-order valence-corrected chi connectivity index (χ1v) is 12.3. The number of carbonyl (C=O) groups is 1. The van der Waals surface area contributed by atoms with Crippen LogP contribution in [0.2, 0.25) is 5.02 Å². The molecule has 0 aliphatic carbocycles. The van der Waals surface area contributed by atoms with Gasteiger partial charge in [-0.15, -0.1) is 0 Å². The number of thioether (sulfide) groups is 1. The van der Waals surface area contributed by atoms with E-state index in [1.807, 2.05) is 79.7 Å². The Morgan fingerprint density at radius 2 is 1.74 bits per heavy atom. The highest BCUT2D eigenvalue weighted by Crippen LogP contribution is 2.33. The van der Waals surface area contributed by atoms with Gasteiger partial charge in [-0.25, -0.2) is 4.99 Å². The third kappa shape index (κ3) is 5.82. The van der Waals surface area contributed by atoms with Crippen LogP contribution in [-0.4, -0.2) is 17.7 Å². The Morgan fingerprint density at radius 3 is 2.50 bits per heavy atom. The number of amides is 1. The van der Waals surface area contributed by atoms with Gasteiger partial charge >= 0.3 is 0 Å². The van der Waals surface area contributed by atoms with E-state index < -0.39 is 0 Å². The maximum Gasteiger partial charge on any atom is 0.264 e. The monoisotopic (exact) mass is 492 g/mol. The van der Waals surface area contributed by atoms with Crippen LogP contribution in [0.3, 0.4) is 0 Å². The van der Waals surface area contributed by atoms with Crippen LogP contribution in [0.25, 0.3) is 6.08 Å². The molecule has 1 saturated heterocycles. The highest BCUT2D eigenvalue weighted by Gasteiger charge is 2.24. The number of hydrogen-bond acceptors (Lipinski definition) is 5. The average Bonchev–Trinajstić information content (AvgIpc) is 3.18. The topological polar surface area (TPSA) is 59.9 Å². The third-order valence-corrected chi connectivity index (χ3v) is 6.43. The fourth-order valence-corrected chi connectivity index (χ4v) is 4.46. The van der Waals surface area contributed by atoms with Crippen molar-refractivity contribution in [1.29, 1.82) is 0 Å². The molecule has 0 spiro atoms. The van der Waals surface area contributed by atoms with Crippen LogP contribution in [0.15, 0.2) is 76.6 Å². The molecule has 0 aromatic heterocycles. The van der Waals surface area contributed by atoms with Crippen LogP contribution in [0, 0.1) is 0 Å². The number of halogens is 1. The Balaban J connectivity index is 1.53.